The van der Waals surface area contributed by atoms with Crippen molar-refractivity contribution in [2.24, 2.45) is 0 Å². The highest BCUT2D eigenvalue weighted by atomic mass is 16.6. The lowest BCUT2D eigenvalue weighted by Crippen LogP contribution is -2.47. The molecule has 29 heavy (non-hydrogen) atoms. The summed E-state index contributed by atoms with van der Waals surface area (Å²) in [4.78, 5) is 12.8. The third-order valence-corrected chi connectivity index (χ3v) is 5.58. The van der Waals surface area contributed by atoms with Crippen LogP contribution in [0.4, 0.5) is 0 Å². The van der Waals surface area contributed by atoms with Crippen molar-refractivity contribution in [1.82, 2.24) is 0 Å². The van der Waals surface area contributed by atoms with Gasteiger partial charge in [-0.15, -0.1) is 6.58 Å². The number of aliphatic hydroxyl groups is 1. The molecule has 0 radical (unpaired) electrons. The molecule has 3 rings (SSSR count). The van der Waals surface area contributed by atoms with Crippen LogP contribution in [0.5, 0.6) is 5.75 Å². The zero-order valence-corrected chi connectivity index (χ0v) is 18.0. The number of ether oxygens (including phenoxy) is 1. The van der Waals surface area contributed by atoms with Gasteiger partial charge in [-0.25, -0.2) is 4.79 Å². The first kappa shape index (κ1) is 21.1. The van der Waals surface area contributed by atoms with Crippen molar-refractivity contribution in [3.8, 4) is 5.75 Å². The summed E-state index contributed by atoms with van der Waals surface area (Å²) in [6, 6.07) is 5.51. The van der Waals surface area contributed by atoms with E-state index in [1.54, 1.807) is 18.2 Å². The first-order valence-electron chi connectivity index (χ1n) is 10.0. The van der Waals surface area contributed by atoms with Gasteiger partial charge in [-0.2, -0.15) is 0 Å². The summed E-state index contributed by atoms with van der Waals surface area (Å²) in [5.41, 5.74) is 2.85. The molecular weight excluding hydrogens is 364 g/mol. The molecule has 1 aliphatic rings. The molecule has 0 saturated heterocycles. The number of fused-ring (bicyclic) bond motifs is 3. The van der Waals surface area contributed by atoms with Crippen LogP contribution < -0.4 is 10.4 Å². The summed E-state index contributed by atoms with van der Waals surface area (Å²) in [6.07, 6.45) is 7.57. The monoisotopic (exact) mass is 394 g/mol. The molecule has 0 bridgehead atoms. The van der Waals surface area contributed by atoms with E-state index < -0.39 is 16.8 Å². The van der Waals surface area contributed by atoms with E-state index in [1.165, 1.54) is 5.57 Å². The number of hydrogen-bond acceptors (Lipinski definition) is 4. The Morgan fingerprint density at radius 3 is 2.69 bits per heavy atom. The van der Waals surface area contributed by atoms with E-state index in [0.717, 1.165) is 24.0 Å². The third kappa shape index (κ3) is 4.08. The number of aryl methyl sites for hydroxylation is 1. The van der Waals surface area contributed by atoms with Gasteiger partial charge in [0.2, 0.25) is 5.79 Å². The smallest absolute Gasteiger partial charge is 0.344 e. The first-order chi connectivity index (χ1) is 13.6. The van der Waals surface area contributed by atoms with E-state index in [2.05, 4.69) is 26.5 Å². The van der Waals surface area contributed by atoms with Gasteiger partial charge in [0.05, 0.1) is 10.9 Å². The normalized spacial score (nSPS) is 24.0. The fraction of sp³-hybridized carbons (Fsp3) is 0.400. The summed E-state index contributed by atoms with van der Waals surface area (Å²) in [5, 5.41) is 12.1. The van der Waals surface area contributed by atoms with Gasteiger partial charge in [-0.1, -0.05) is 42.4 Å². The Kier molecular flexibility index (Phi) is 5.59. The van der Waals surface area contributed by atoms with Gasteiger partial charge in [-0.05, 0) is 58.2 Å². The summed E-state index contributed by atoms with van der Waals surface area (Å²) in [6.45, 7) is 13.9. The van der Waals surface area contributed by atoms with Crippen molar-refractivity contribution in [2.75, 3.05) is 0 Å². The molecule has 0 saturated carbocycles. The fourth-order valence-electron chi connectivity index (χ4n) is 4.11. The summed E-state index contributed by atoms with van der Waals surface area (Å²) in [7, 11) is 0. The maximum atomic E-state index is 12.8. The van der Waals surface area contributed by atoms with E-state index in [9.17, 15) is 9.90 Å². The SMILES string of the molecule is C=C[C@@]1(C)C[C@@](O)(/C=C(/C)CCC=C(C)C)Oc2c1c(=O)oc1cccc(C)c21. The highest BCUT2D eigenvalue weighted by Crippen LogP contribution is 2.47. The van der Waals surface area contributed by atoms with Crippen molar-refractivity contribution in [3.63, 3.8) is 0 Å². The predicted molar refractivity (Wildman–Crippen MR) is 117 cm³/mol. The van der Waals surface area contributed by atoms with Gasteiger partial charge < -0.3 is 14.3 Å². The number of rotatable bonds is 5. The summed E-state index contributed by atoms with van der Waals surface area (Å²) < 4.78 is 11.7. The standard InChI is InChI=1S/C25H30O4/c1-7-24(6)15-25(27,14-17(4)11-8-10-16(2)3)29-22-20-18(5)12-9-13-19(20)28-23(26)21(22)24/h7,9-10,12-14,27H,1,8,11,15H2,2-6H3/b17-14-/t24-,25+/m0/s1. The molecule has 1 aromatic heterocycles. The second-order valence-electron chi connectivity index (χ2n) is 8.60. The van der Waals surface area contributed by atoms with Crippen LogP contribution in [0.3, 0.4) is 0 Å². The van der Waals surface area contributed by atoms with Crippen molar-refractivity contribution in [1.29, 1.82) is 0 Å². The minimum Gasteiger partial charge on any atom is -0.457 e. The minimum atomic E-state index is -1.53. The van der Waals surface area contributed by atoms with Crippen LogP contribution in [-0.4, -0.2) is 10.9 Å². The molecule has 1 aliphatic heterocycles. The van der Waals surface area contributed by atoms with E-state index in [-0.39, 0.29) is 6.42 Å². The molecule has 154 valence electrons. The lowest BCUT2D eigenvalue weighted by Gasteiger charge is -2.41. The molecule has 0 aliphatic carbocycles. The van der Waals surface area contributed by atoms with Gasteiger partial charge in [0.1, 0.15) is 11.3 Å². The quantitative estimate of drug-likeness (QED) is 0.521. The van der Waals surface area contributed by atoms with Gasteiger partial charge in [0.25, 0.3) is 0 Å². The maximum absolute atomic E-state index is 12.8. The predicted octanol–water partition coefficient (Wildman–Crippen LogP) is 5.71. The Morgan fingerprint density at radius 1 is 1.31 bits per heavy atom. The van der Waals surface area contributed by atoms with Crippen LogP contribution in [0, 0.1) is 6.92 Å². The Bertz CT molecular complexity index is 1070. The Hall–Kier alpha value is -2.59. The zero-order valence-electron chi connectivity index (χ0n) is 18.0. The van der Waals surface area contributed by atoms with E-state index >= 15 is 0 Å². The number of benzene rings is 1. The minimum absolute atomic E-state index is 0.193. The molecule has 4 heteroatoms. The average molecular weight is 395 g/mol. The molecule has 0 amide bonds. The van der Waals surface area contributed by atoms with Crippen LogP contribution >= 0.6 is 0 Å². The molecule has 2 atom stereocenters. The molecule has 0 spiro atoms. The van der Waals surface area contributed by atoms with Crippen molar-refractivity contribution in [2.45, 2.75) is 65.1 Å². The van der Waals surface area contributed by atoms with Gasteiger partial charge in [0.15, 0.2) is 0 Å². The van der Waals surface area contributed by atoms with E-state index in [4.69, 9.17) is 9.15 Å². The second kappa shape index (κ2) is 7.68. The van der Waals surface area contributed by atoms with Crippen LogP contribution in [0.1, 0.15) is 58.1 Å². The average Bonchev–Trinajstić information content (AvgIpc) is 2.60. The molecule has 4 nitrogen and oxygen atoms in total. The molecule has 0 unspecified atom stereocenters. The van der Waals surface area contributed by atoms with Gasteiger partial charge >= 0.3 is 5.63 Å². The Labute approximate surface area is 172 Å². The van der Waals surface area contributed by atoms with Crippen LogP contribution in [0.2, 0.25) is 0 Å². The third-order valence-electron chi connectivity index (χ3n) is 5.58. The number of hydrogen-bond donors (Lipinski definition) is 1. The van der Waals surface area contributed by atoms with Crippen molar-refractivity contribution < 1.29 is 14.3 Å². The topological polar surface area (TPSA) is 59.7 Å². The first-order valence-corrected chi connectivity index (χ1v) is 10.0. The van der Waals surface area contributed by atoms with Crippen LogP contribution in [0.15, 0.2) is 63.4 Å². The second-order valence-corrected chi connectivity index (χ2v) is 8.60. The summed E-state index contributed by atoms with van der Waals surface area (Å²) >= 11 is 0. The highest BCUT2D eigenvalue weighted by molar-refractivity contribution is 5.88. The maximum Gasteiger partial charge on any atom is 0.344 e. The Morgan fingerprint density at radius 2 is 2.03 bits per heavy atom. The summed E-state index contributed by atoms with van der Waals surface area (Å²) in [5.74, 6) is -1.15. The Balaban J connectivity index is 2.15. The molecule has 1 aromatic carbocycles. The van der Waals surface area contributed by atoms with Crippen molar-refractivity contribution in [3.05, 3.63) is 75.7 Å². The molecule has 2 heterocycles. The van der Waals surface area contributed by atoms with E-state index in [1.807, 2.05) is 32.9 Å². The van der Waals surface area contributed by atoms with E-state index in [0.29, 0.717) is 22.3 Å². The highest BCUT2D eigenvalue weighted by Gasteiger charge is 2.47. The molecular formula is C25H30O4. The lowest BCUT2D eigenvalue weighted by atomic mass is 9.74. The van der Waals surface area contributed by atoms with Crippen molar-refractivity contribution >= 4 is 11.0 Å². The van der Waals surface area contributed by atoms with Crippen LogP contribution in [0.25, 0.3) is 11.0 Å². The lowest BCUT2D eigenvalue weighted by molar-refractivity contribution is -0.120. The van der Waals surface area contributed by atoms with Gasteiger partial charge in [-0.3, -0.25) is 0 Å². The molecule has 1 N–H and O–H groups in total. The van der Waals surface area contributed by atoms with Crippen LogP contribution in [-0.2, 0) is 5.41 Å². The van der Waals surface area contributed by atoms with Gasteiger partial charge in [0, 0.05) is 11.8 Å². The molecule has 2 aromatic rings. The molecule has 0 fully saturated rings. The fourth-order valence-corrected chi connectivity index (χ4v) is 4.11. The largest absolute Gasteiger partial charge is 0.457 e. The zero-order chi connectivity index (χ0) is 21.4. The number of allylic oxidation sites excluding steroid dienone is 4.